The summed E-state index contributed by atoms with van der Waals surface area (Å²) in [5.74, 6) is 1.95. The maximum Gasteiger partial charge on any atom is 0.191 e. The molecule has 0 aromatic carbocycles. The molecule has 0 saturated heterocycles. The standard InChI is InChI=1S/C18H40N4O2/c1-6-19-18(20-9-11-22(4)10-7-13-24-5)21-15-17(8-12-23)14-16(2)3/h16-17,23H,6-15H2,1-5H3,(H2,19,20,21). The monoisotopic (exact) mass is 344 g/mol. The number of aliphatic hydroxyl groups excluding tert-OH is 1. The Morgan fingerprint density at radius 3 is 2.58 bits per heavy atom. The molecule has 1 unspecified atom stereocenters. The summed E-state index contributed by atoms with van der Waals surface area (Å²) in [4.78, 5) is 7.00. The maximum atomic E-state index is 9.22. The average molecular weight is 345 g/mol. The highest BCUT2D eigenvalue weighted by molar-refractivity contribution is 5.79. The molecule has 0 aromatic heterocycles. The van der Waals surface area contributed by atoms with E-state index in [1.165, 1.54) is 0 Å². The Morgan fingerprint density at radius 1 is 1.25 bits per heavy atom. The van der Waals surface area contributed by atoms with Crippen LogP contribution in [0.5, 0.6) is 0 Å². The van der Waals surface area contributed by atoms with Crippen molar-refractivity contribution in [3.63, 3.8) is 0 Å². The lowest BCUT2D eigenvalue weighted by atomic mass is 9.94. The van der Waals surface area contributed by atoms with Gasteiger partial charge in [0, 0.05) is 53.0 Å². The van der Waals surface area contributed by atoms with Crippen molar-refractivity contribution in [3.05, 3.63) is 0 Å². The number of methoxy groups -OCH3 is 1. The van der Waals surface area contributed by atoms with Crippen molar-refractivity contribution in [1.82, 2.24) is 15.5 Å². The van der Waals surface area contributed by atoms with Crippen molar-refractivity contribution in [2.75, 3.05) is 60.1 Å². The summed E-state index contributed by atoms with van der Waals surface area (Å²) in [6.07, 6.45) is 2.98. The molecule has 0 radical (unpaired) electrons. The van der Waals surface area contributed by atoms with Crippen LogP contribution in [0.4, 0.5) is 0 Å². The third-order valence-corrected chi connectivity index (χ3v) is 3.87. The van der Waals surface area contributed by atoms with Crippen LogP contribution in [0, 0.1) is 11.8 Å². The van der Waals surface area contributed by atoms with Gasteiger partial charge in [0.1, 0.15) is 0 Å². The lowest BCUT2D eigenvalue weighted by Gasteiger charge is -2.19. The van der Waals surface area contributed by atoms with Crippen LogP contribution in [-0.2, 0) is 4.74 Å². The van der Waals surface area contributed by atoms with Crippen LogP contribution in [0.15, 0.2) is 4.99 Å². The van der Waals surface area contributed by atoms with Gasteiger partial charge in [-0.05, 0) is 45.1 Å². The summed E-state index contributed by atoms with van der Waals surface area (Å²) < 4.78 is 5.08. The Kier molecular flexibility index (Phi) is 15.1. The fourth-order valence-corrected chi connectivity index (χ4v) is 2.65. The number of aliphatic hydroxyl groups is 1. The van der Waals surface area contributed by atoms with E-state index in [0.29, 0.717) is 11.8 Å². The molecule has 144 valence electrons. The van der Waals surface area contributed by atoms with E-state index < -0.39 is 0 Å². The van der Waals surface area contributed by atoms with E-state index in [1.807, 2.05) is 0 Å². The van der Waals surface area contributed by atoms with Crippen LogP contribution in [0.25, 0.3) is 0 Å². The van der Waals surface area contributed by atoms with Gasteiger partial charge < -0.3 is 25.4 Å². The second-order valence-corrected chi connectivity index (χ2v) is 6.80. The molecule has 0 amide bonds. The zero-order chi connectivity index (χ0) is 18.2. The zero-order valence-corrected chi connectivity index (χ0v) is 16.5. The van der Waals surface area contributed by atoms with Gasteiger partial charge in [-0.1, -0.05) is 13.8 Å². The SMILES string of the molecule is CCNC(=NCC(CCO)CC(C)C)NCCN(C)CCCOC. The molecule has 0 rings (SSSR count). The smallest absolute Gasteiger partial charge is 0.191 e. The van der Waals surface area contributed by atoms with Gasteiger partial charge in [0.05, 0.1) is 0 Å². The lowest BCUT2D eigenvalue weighted by Crippen LogP contribution is -2.41. The van der Waals surface area contributed by atoms with E-state index in [0.717, 1.165) is 64.6 Å². The summed E-state index contributed by atoms with van der Waals surface area (Å²) >= 11 is 0. The molecule has 3 N–H and O–H groups in total. The molecule has 0 saturated carbocycles. The fraction of sp³-hybridized carbons (Fsp3) is 0.944. The second-order valence-electron chi connectivity index (χ2n) is 6.80. The molecular weight excluding hydrogens is 304 g/mol. The highest BCUT2D eigenvalue weighted by Crippen LogP contribution is 2.15. The van der Waals surface area contributed by atoms with Crippen molar-refractivity contribution in [2.24, 2.45) is 16.8 Å². The summed E-state index contributed by atoms with van der Waals surface area (Å²) in [6.45, 7) is 12.1. The first-order valence-electron chi connectivity index (χ1n) is 9.33. The Labute approximate surface area is 149 Å². The number of guanidine groups is 1. The van der Waals surface area contributed by atoms with Crippen molar-refractivity contribution in [3.8, 4) is 0 Å². The van der Waals surface area contributed by atoms with Gasteiger partial charge in [-0.2, -0.15) is 0 Å². The number of aliphatic imine (C=N–C) groups is 1. The number of likely N-dealkylation sites (N-methyl/N-ethyl adjacent to an activating group) is 1. The Morgan fingerprint density at radius 2 is 2.00 bits per heavy atom. The van der Waals surface area contributed by atoms with Gasteiger partial charge in [-0.25, -0.2) is 0 Å². The molecule has 0 fully saturated rings. The Bertz CT molecular complexity index is 311. The van der Waals surface area contributed by atoms with Gasteiger partial charge in [-0.3, -0.25) is 4.99 Å². The normalized spacial score (nSPS) is 13.6. The third-order valence-electron chi connectivity index (χ3n) is 3.87. The van der Waals surface area contributed by atoms with E-state index in [2.05, 4.69) is 43.4 Å². The Balaban J connectivity index is 4.25. The van der Waals surface area contributed by atoms with Gasteiger partial charge in [0.2, 0.25) is 0 Å². The number of rotatable bonds is 14. The zero-order valence-electron chi connectivity index (χ0n) is 16.5. The summed E-state index contributed by atoms with van der Waals surface area (Å²) in [5, 5.41) is 15.9. The molecule has 0 aromatic rings. The van der Waals surface area contributed by atoms with Crippen LogP contribution in [-0.4, -0.2) is 76.1 Å². The molecule has 1 atom stereocenters. The van der Waals surface area contributed by atoms with Crippen molar-refractivity contribution in [2.45, 2.75) is 40.0 Å². The number of ether oxygens (including phenoxy) is 1. The van der Waals surface area contributed by atoms with Crippen LogP contribution < -0.4 is 10.6 Å². The maximum absolute atomic E-state index is 9.22. The molecule has 0 spiro atoms. The second kappa shape index (κ2) is 15.7. The van der Waals surface area contributed by atoms with Crippen LogP contribution in [0.1, 0.15) is 40.0 Å². The van der Waals surface area contributed by atoms with Gasteiger partial charge in [-0.15, -0.1) is 0 Å². The van der Waals surface area contributed by atoms with Crippen molar-refractivity contribution < 1.29 is 9.84 Å². The third kappa shape index (κ3) is 13.6. The van der Waals surface area contributed by atoms with E-state index in [-0.39, 0.29) is 6.61 Å². The first-order chi connectivity index (χ1) is 11.5. The summed E-state index contributed by atoms with van der Waals surface area (Å²) in [7, 11) is 3.87. The highest BCUT2D eigenvalue weighted by Gasteiger charge is 2.10. The fourth-order valence-electron chi connectivity index (χ4n) is 2.65. The minimum atomic E-state index is 0.239. The van der Waals surface area contributed by atoms with E-state index >= 15 is 0 Å². The minimum absolute atomic E-state index is 0.239. The number of hydrogen-bond acceptors (Lipinski definition) is 4. The molecular formula is C18H40N4O2. The van der Waals surface area contributed by atoms with Crippen molar-refractivity contribution >= 4 is 5.96 Å². The quantitative estimate of drug-likeness (QED) is 0.253. The molecule has 6 nitrogen and oxygen atoms in total. The summed E-state index contributed by atoms with van der Waals surface area (Å²) in [5.41, 5.74) is 0. The van der Waals surface area contributed by atoms with Crippen LogP contribution >= 0.6 is 0 Å². The van der Waals surface area contributed by atoms with Crippen LogP contribution in [0.2, 0.25) is 0 Å². The topological polar surface area (TPSA) is 69.1 Å². The Hall–Kier alpha value is -0.850. The van der Waals surface area contributed by atoms with E-state index in [4.69, 9.17) is 9.73 Å². The average Bonchev–Trinajstić information content (AvgIpc) is 2.52. The number of hydrogen-bond donors (Lipinski definition) is 3. The number of nitrogens with one attached hydrogen (secondary N) is 2. The number of nitrogens with zero attached hydrogens (tertiary/aromatic N) is 2. The molecule has 24 heavy (non-hydrogen) atoms. The minimum Gasteiger partial charge on any atom is -0.396 e. The molecule has 0 heterocycles. The van der Waals surface area contributed by atoms with E-state index in [9.17, 15) is 5.11 Å². The molecule has 0 bridgehead atoms. The lowest BCUT2D eigenvalue weighted by molar-refractivity contribution is 0.180. The van der Waals surface area contributed by atoms with Crippen molar-refractivity contribution in [1.29, 1.82) is 0 Å². The first-order valence-corrected chi connectivity index (χ1v) is 9.33. The van der Waals surface area contributed by atoms with Gasteiger partial charge in [0.25, 0.3) is 0 Å². The van der Waals surface area contributed by atoms with Gasteiger partial charge >= 0.3 is 0 Å². The predicted octanol–water partition coefficient (Wildman–Crippen LogP) is 1.55. The predicted molar refractivity (Wildman–Crippen MR) is 103 cm³/mol. The van der Waals surface area contributed by atoms with Gasteiger partial charge in [0.15, 0.2) is 5.96 Å². The highest BCUT2D eigenvalue weighted by atomic mass is 16.5. The molecule has 0 aliphatic rings. The largest absolute Gasteiger partial charge is 0.396 e. The van der Waals surface area contributed by atoms with E-state index in [1.54, 1.807) is 7.11 Å². The molecule has 0 aliphatic heterocycles. The van der Waals surface area contributed by atoms with Crippen LogP contribution in [0.3, 0.4) is 0 Å². The molecule has 0 aliphatic carbocycles. The molecule has 6 heteroatoms. The summed E-state index contributed by atoms with van der Waals surface area (Å²) in [6, 6.07) is 0. The first kappa shape index (κ1) is 23.1.